The summed E-state index contributed by atoms with van der Waals surface area (Å²) in [6, 6.07) is 0.0155. The lowest BCUT2D eigenvalue weighted by molar-refractivity contribution is 0.0915. The summed E-state index contributed by atoms with van der Waals surface area (Å²) in [5.41, 5.74) is 0.557. The van der Waals surface area contributed by atoms with Crippen molar-refractivity contribution in [1.29, 1.82) is 0 Å². The van der Waals surface area contributed by atoms with Crippen molar-refractivity contribution in [2.45, 2.75) is 47.1 Å². The molecule has 0 aromatic carbocycles. The molecule has 0 N–H and O–H groups in total. The fourth-order valence-electron chi connectivity index (χ4n) is 1.52. The zero-order valence-electron chi connectivity index (χ0n) is 11.0. The maximum Gasteiger partial charge on any atom is 0.188 e. The zero-order chi connectivity index (χ0) is 13.2. The van der Waals surface area contributed by atoms with E-state index < -0.39 is 0 Å². The Kier molecular flexibility index (Phi) is 4.15. The van der Waals surface area contributed by atoms with Gasteiger partial charge in [-0.2, -0.15) is 0 Å². The minimum atomic E-state index is -0.185. The Morgan fingerprint density at radius 2 is 1.82 bits per heavy atom. The van der Waals surface area contributed by atoms with Crippen molar-refractivity contribution in [1.82, 2.24) is 15.0 Å². The Hall–Kier alpha value is -1.52. The van der Waals surface area contributed by atoms with Crippen molar-refractivity contribution in [2.24, 2.45) is 5.92 Å². The number of aromatic nitrogens is 3. The second kappa shape index (κ2) is 5.21. The molecule has 0 amide bonds. The van der Waals surface area contributed by atoms with Gasteiger partial charge in [0, 0.05) is 18.4 Å². The minimum Gasteiger partial charge on any atom is -0.292 e. The number of ketones is 2. The average molecular weight is 237 g/mol. The van der Waals surface area contributed by atoms with Crippen molar-refractivity contribution in [3.63, 3.8) is 0 Å². The number of Topliss-reactive ketones (excluding diaryl/α,β-unsaturated/α-hetero) is 2. The normalized spacial score (nSPS) is 11.2. The van der Waals surface area contributed by atoms with Gasteiger partial charge in [0.25, 0.3) is 0 Å². The van der Waals surface area contributed by atoms with Gasteiger partial charge >= 0.3 is 0 Å². The fourth-order valence-corrected chi connectivity index (χ4v) is 1.52. The van der Waals surface area contributed by atoms with Crippen molar-refractivity contribution in [2.75, 3.05) is 0 Å². The molecular formula is C12H19N3O2. The van der Waals surface area contributed by atoms with E-state index >= 15 is 0 Å². The Labute approximate surface area is 101 Å². The summed E-state index contributed by atoms with van der Waals surface area (Å²) in [6.07, 6.45) is 0.346. The number of hydrogen-bond donors (Lipinski definition) is 0. The van der Waals surface area contributed by atoms with Crippen LogP contribution in [0, 0.1) is 5.92 Å². The van der Waals surface area contributed by atoms with Crippen LogP contribution in [0.25, 0.3) is 0 Å². The van der Waals surface area contributed by atoms with Crippen LogP contribution in [0.3, 0.4) is 0 Å². The van der Waals surface area contributed by atoms with E-state index in [0.29, 0.717) is 12.1 Å². The first-order valence-corrected chi connectivity index (χ1v) is 5.92. The predicted octanol–water partition coefficient (Wildman–Crippen LogP) is 2.29. The van der Waals surface area contributed by atoms with Gasteiger partial charge in [-0.25, -0.2) is 4.68 Å². The van der Waals surface area contributed by atoms with Gasteiger partial charge in [0.1, 0.15) is 5.69 Å². The Morgan fingerprint density at radius 1 is 1.24 bits per heavy atom. The summed E-state index contributed by atoms with van der Waals surface area (Å²) in [7, 11) is 0. The molecule has 0 spiro atoms. The first kappa shape index (κ1) is 13.5. The van der Waals surface area contributed by atoms with Crippen LogP contribution in [0.4, 0.5) is 0 Å². The molecule has 1 heterocycles. The van der Waals surface area contributed by atoms with Gasteiger partial charge in [-0.3, -0.25) is 9.59 Å². The number of carbonyl (C=O) groups is 2. The molecule has 0 unspecified atom stereocenters. The van der Waals surface area contributed by atoms with Crippen LogP contribution in [-0.4, -0.2) is 26.6 Å². The molecule has 0 fully saturated rings. The highest BCUT2D eigenvalue weighted by molar-refractivity contribution is 6.07. The molecule has 94 valence electrons. The Bertz CT molecular complexity index is 433. The third-order valence-electron chi connectivity index (χ3n) is 2.53. The maximum absolute atomic E-state index is 12.0. The SMILES string of the molecule is CCC(=O)c1c(C(=O)C(C)C)nnn1C(C)C. The molecular weight excluding hydrogens is 218 g/mol. The van der Waals surface area contributed by atoms with Gasteiger partial charge in [-0.15, -0.1) is 5.10 Å². The molecule has 0 aliphatic heterocycles. The van der Waals surface area contributed by atoms with E-state index in [-0.39, 0.29) is 29.2 Å². The number of nitrogens with zero attached hydrogens (tertiary/aromatic N) is 3. The lowest BCUT2D eigenvalue weighted by atomic mass is 10.0. The molecule has 0 aliphatic rings. The molecule has 5 heteroatoms. The number of carbonyl (C=O) groups excluding carboxylic acids is 2. The zero-order valence-corrected chi connectivity index (χ0v) is 11.0. The monoisotopic (exact) mass is 237 g/mol. The van der Waals surface area contributed by atoms with Gasteiger partial charge in [-0.05, 0) is 13.8 Å². The van der Waals surface area contributed by atoms with Crippen LogP contribution in [0.1, 0.15) is 68.1 Å². The molecule has 0 saturated heterocycles. The lowest BCUT2D eigenvalue weighted by Gasteiger charge is -2.09. The minimum absolute atomic E-state index is 0.0155. The smallest absolute Gasteiger partial charge is 0.188 e. The average Bonchev–Trinajstić information content (AvgIpc) is 2.71. The largest absolute Gasteiger partial charge is 0.292 e. The van der Waals surface area contributed by atoms with Gasteiger partial charge in [0.15, 0.2) is 17.3 Å². The summed E-state index contributed by atoms with van der Waals surface area (Å²) in [5.74, 6) is -0.405. The van der Waals surface area contributed by atoms with Crippen molar-refractivity contribution >= 4 is 11.6 Å². The molecule has 0 saturated carbocycles. The second-order valence-corrected chi connectivity index (χ2v) is 4.62. The van der Waals surface area contributed by atoms with Crippen molar-refractivity contribution < 1.29 is 9.59 Å². The van der Waals surface area contributed by atoms with Crippen LogP contribution < -0.4 is 0 Å². The van der Waals surface area contributed by atoms with Crippen LogP contribution >= 0.6 is 0 Å². The van der Waals surface area contributed by atoms with Crippen LogP contribution in [-0.2, 0) is 0 Å². The molecule has 0 aliphatic carbocycles. The van der Waals surface area contributed by atoms with E-state index in [4.69, 9.17) is 0 Å². The van der Waals surface area contributed by atoms with E-state index in [0.717, 1.165) is 0 Å². The van der Waals surface area contributed by atoms with E-state index in [2.05, 4.69) is 10.3 Å². The van der Waals surface area contributed by atoms with Gasteiger partial charge in [-0.1, -0.05) is 26.0 Å². The Balaban J connectivity index is 3.32. The first-order valence-electron chi connectivity index (χ1n) is 5.92. The third kappa shape index (κ3) is 2.60. The van der Waals surface area contributed by atoms with E-state index in [9.17, 15) is 9.59 Å². The predicted molar refractivity (Wildman–Crippen MR) is 64.2 cm³/mol. The number of rotatable bonds is 5. The molecule has 1 aromatic rings. The summed E-state index contributed by atoms with van der Waals surface area (Å²) in [5, 5.41) is 7.78. The summed E-state index contributed by atoms with van der Waals surface area (Å²) in [4.78, 5) is 23.8. The first-order chi connectivity index (χ1) is 7.90. The van der Waals surface area contributed by atoms with Gasteiger partial charge in [0.05, 0.1) is 0 Å². The quantitative estimate of drug-likeness (QED) is 0.737. The van der Waals surface area contributed by atoms with E-state index in [1.54, 1.807) is 20.8 Å². The molecule has 1 rings (SSSR count). The molecule has 1 aromatic heterocycles. The maximum atomic E-state index is 12.0. The highest BCUT2D eigenvalue weighted by Gasteiger charge is 2.26. The Morgan fingerprint density at radius 3 is 2.24 bits per heavy atom. The molecule has 0 radical (unpaired) electrons. The molecule has 0 atom stereocenters. The van der Waals surface area contributed by atoms with Crippen LogP contribution in [0.5, 0.6) is 0 Å². The fraction of sp³-hybridized carbons (Fsp3) is 0.667. The summed E-state index contributed by atoms with van der Waals surface area (Å²) < 4.78 is 1.53. The molecule has 0 bridgehead atoms. The molecule has 17 heavy (non-hydrogen) atoms. The van der Waals surface area contributed by atoms with Crippen molar-refractivity contribution in [3.8, 4) is 0 Å². The van der Waals surface area contributed by atoms with Gasteiger partial charge in [0.2, 0.25) is 0 Å². The topological polar surface area (TPSA) is 64.8 Å². The molecule has 5 nitrogen and oxygen atoms in total. The third-order valence-corrected chi connectivity index (χ3v) is 2.53. The van der Waals surface area contributed by atoms with E-state index in [1.807, 2.05) is 13.8 Å². The highest BCUT2D eigenvalue weighted by Crippen LogP contribution is 2.17. The van der Waals surface area contributed by atoms with Gasteiger partial charge < -0.3 is 0 Å². The standard InChI is InChI=1S/C12H19N3O2/c1-6-9(16)11-10(12(17)7(2)3)13-14-15(11)8(4)5/h7-8H,6H2,1-5H3. The highest BCUT2D eigenvalue weighted by atomic mass is 16.1. The van der Waals surface area contributed by atoms with E-state index in [1.165, 1.54) is 4.68 Å². The second-order valence-electron chi connectivity index (χ2n) is 4.62. The summed E-state index contributed by atoms with van der Waals surface area (Å²) in [6.45, 7) is 9.16. The lowest BCUT2D eigenvalue weighted by Crippen LogP contribution is -2.17. The van der Waals surface area contributed by atoms with Crippen LogP contribution in [0.15, 0.2) is 0 Å². The van der Waals surface area contributed by atoms with Crippen LogP contribution in [0.2, 0.25) is 0 Å². The number of hydrogen-bond acceptors (Lipinski definition) is 4. The van der Waals surface area contributed by atoms with Crippen molar-refractivity contribution in [3.05, 3.63) is 11.4 Å². The summed E-state index contributed by atoms with van der Waals surface area (Å²) >= 11 is 0.